The van der Waals surface area contributed by atoms with Gasteiger partial charge >= 0.3 is 0 Å². The van der Waals surface area contributed by atoms with Crippen LogP contribution in [0, 0.1) is 18.3 Å². The van der Waals surface area contributed by atoms with E-state index in [1.807, 2.05) is 0 Å². The minimum Gasteiger partial charge on any atom is -0.442 e. The molecule has 3 aromatic heterocycles. The largest absolute Gasteiger partial charge is 0.442 e. The van der Waals surface area contributed by atoms with E-state index in [0.29, 0.717) is 53.3 Å². The van der Waals surface area contributed by atoms with Gasteiger partial charge in [0.25, 0.3) is 5.91 Å². The zero-order chi connectivity index (χ0) is 20.2. The fraction of sp³-hybridized carbons (Fsp3) is 0.381. The summed E-state index contributed by atoms with van der Waals surface area (Å²) in [5.41, 5.74) is 3.25. The van der Waals surface area contributed by atoms with Crippen molar-refractivity contribution in [3.63, 3.8) is 0 Å². The first-order valence-electron chi connectivity index (χ1n) is 9.67. The average Bonchev–Trinajstić information content (AvgIpc) is 3.34. The molecule has 0 atom stereocenters. The number of hydrogen-bond donors (Lipinski definition) is 1. The molecule has 5 rings (SSSR count). The molecule has 146 valence electrons. The minimum absolute atomic E-state index is 0.00839. The first kappa shape index (κ1) is 17.6. The van der Waals surface area contributed by atoms with E-state index < -0.39 is 0 Å². The Hall–Kier alpha value is -3.47. The Morgan fingerprint density at radius 1 is 1.34 bits per heavy atom. The third-order valence-corrected chi connectivity index (χ3v) is 5.82. The number of carbonyl (C=O) groups excluding carboxylic acids is 1. The standard InChI is InChI=1S/C21H20N6O2/c1-12-16(17-18(26-21(2)5-6-21)24-11-25-19(17)29-12)20(28)27-8-4-14-13(9-22)3-7-23-15(14)10-27/h3,7,11H,4-6,8,10H2,1-2H3,(H,24,25,26). The van der Waals surface area contributed by atoms with Crippen molar-refractivity contribution in [2.75, 3.05) is 11.9 Å². The molecule has 1 amide bonds. The number of pyridine rings is 1. The number of aryl methyl sites for hydroxylation is 1. The van der Waals surface area contributed by atoms with Gasteiger partial charge in [-0.1, -0.05) is 0 Å². The van der Waals surface area contributed by atoms with Crippen LogP contribution in [0.15, 0.2) is 23.0 Å². The van der Waals surface area contributed by atoms with Crippen LogP contribution in [0.1, 0.15) is 52.7 Å². The van der Waals surface area contributed by atoms with Gasteiger partial charge in [0.05, 0.1) is 34.8 Å². The van der Waals surface area contributed by atoms with E-state index in [2.05, 4.69) is 33.3 Å². The van der Waals surface area contributed by atoms with Crippen molar-refractivity contribution in [1.29, 1.82) is 5.26 Å². The van der Waals surface area contributed by atoms with Crippen LogP contribution in [-0.4, -0.2) is 37.8 Å². The molecular weight excluding hydrogens is 368 g/mol. The highest BCUT2D eigenvalue weighted by Gasteiger charge is 2.39. The summed E-state index contributed by atoms with van der Waals surface area (Å²) in [6.07, 6.45) is 5.81. The second-order valence-corrected chi connectivity index (χ2v) is 7.99. The van der Waals surface area contributed by atoms with Crippen molar-refractivity contribution in [3.05, 3.63) is 46.7 Å². The van der Waals surface area contributed by atoms with Gasteiger partial charge in [-0.05, 0) is 44.7 Å². The molecule has 0 unspecified atom stereocenters. The summed E-state index contributed by atoms with van der Waals surface area (Å²) < 4.78 is 5.80. The van der Waals surface area contributed by atoms with Gasteiger partial charge < -0.3 is 14.6 Å². The predicted octanol–water partition coefficient (Wildman–Crippen LogP) is 2.96. The molecule has 1 fully saturated rings. The fourth-order valence-corrected chi connectivity index (χ4v) is 3.89. The number of fused-ring (bicyclic) bond motifs is 2. The van der Waals surface area contributed by atoms with E-state index in [-0.39, 0.29) is 11.4 Å². The topological polar surface area (TPSA) is 108 Å². The monoisotopic (exact) mass is 388 g/mol. The highest BCUT2D eigenvalue weighted by atomic mass is 16.3. The highest BCUT2D eigenvalue weighted by Crippen LogP contribution is 2.40. The molecule has 0 radical (unpaired) electrons. The molecule has 8 nitrogen and oxygen atoms in total. The molecule has 1 N–H and O–H groups in total. The predicted molar refractivity (Wildman–Crippen MR) is 105 cm³/mol. The lowest BCUT2D eigenvalue weighted by Gasteiger charge is -2.28. The van der Waals surface area contributed by atoms with E-state index >= 15 is 0 Å². The third kappa shape index (κ3) is 2.90. The molecule has 3 aromatic rings. The smallest absolute Gasteiger partial charge is 0.258 e. The van der Waals surface area contributed by atoms with Crippen molar-refractivity contribution in [2.45, 2.75) is 45.2 Å². The summed E-state index contributed by atoms with van der Waals surface area (Å²) in [5.74, 6) is 1.03. The highest BCUT2D eigenvalue weighted by molar-refractivity contribution is 6.10. The zero-order valence-corrected chi connectivity index (χ0v) is 16.3. The van der Waals surface area contributed by atoms with Crippen LogP contribution in [0.3, 0.4) is 0 Å². The first-order valence-corrected chi connectivity index (χ1v) is 9.67. The molecule has 2 aliphatic rings. The van der Waals surface area contributed by atoms with E-state index in [1.54, 1.807) is 24.1 Å². The van der Waals surface area contributed by atoms with Crippen LogP contribution in [0.5, 0.6) is 0 Å². The Balaban J connectivity index is 1.53. The maximum atomic E-state index is 13.5. The van der Waals surface area contributed by atoms with E-state index in [4.69, 9.17) is 4.42 Å². The number of nitriles is 1. The molecule has 0 aromatic carbocycles. The molecule has 0 spiro atoms. The van der Waals surface area contributed by atoms with E-state index in [1.165, 1.54) is 6.33 Å². The van der Waals surface area contributed by atoms with Gasteiger partial charge in [0.15, 0.2) is 0 Å². The molecular formula is C21H20N6O2. The van der Waals surface area contributed by atoms with Gasteiger partial charge in [-0.25, -0.2) is 9.97 Å². The van der Waals surface area contributed by atoms with Crippen LogP contribution in [0.2, 0.25) is 0 Å². The number of rotatable bonds is 3. The summed E-state index contributed by atoms with van der Waals surface area (Å²) >= 11 is 0. The van der Waals surface area contributed by atoms with E-state index in [9.17, 15) is 10.1 Å². The summed E-state index contributed by atoms with van der Waals surface area (Å²) in [6, 6.07) is 3.93. The average molecular weight is 388 g/mol. The number of anilines is 1. The number of furan rings is 1. The number of nitrogens with zero attached hydrogens (tertiary/aromatic N) is 5. The molecule has 8 heteroatoms. The quantitative estimate of drug-likeness (QED) is 0.735. The molecule has 0 bridgehead atoms. The normalized spacial score (nSPS) is 16.9. The van der Waals surface area contributed by atoms with Gasteiger partial charge in [-0.2, -0.15) is 5.26 Å². The second kappa shape index (κ2) is 6.27. The summed E-state index contributed by atoms with van der Waals surface area (Å²) in [4.78, 5) is 28.2. The summed E-state index contributed by atoms with van der Waals surface area (Å²) in [6.45, 7) is 4.80. The first-order chi connectivity index (χ1) is 14.0. The van der Waals surface area contributed by atoms with Gasteiger partial charge in [0.2, 0.25) is 5.71 Å². The Labute approximate surface area is 167 Å². The van der Waals surface area contributed by atoms with Crippen LogP contribution in [0.4, 0.5) is 5.82 Å². The van der Waals surface area contributed by atoms with Crippen molar-refractivity contribution >= 4 is 22.8 Å². The third-order valence-electron chi connectivity index (χ3n) is 5.82. The van der Waals surface area contributed by atoms with Crippen molar-refractivity contribution in [2.24, 2.45) is 0 Å². The minimum atomic E-state index is -0.130. The molecule has 1 aliphatic carbocycles. The van der Waals surface area contributed by atoms with Crippen molar-refractivity contribution in [3.8, 4) is 6.07 Å². The molecule has 1 saturated carbocycles. The van der Waals surface area contributed by atoms with Crippen LogP contribution in [0.25, 0.3) is 11.1 Å². The molecule has 0 saturated heterocycles. The number of amides is 1. The Kier molecular flexibility index (Phi) is 3.81. The van der Waals surface area contributed by atoms with Crippen LogP contribution >= 0.6 is 0 Å². The lowest BCUT2D eigenvalue weighted by atomic mass is 9.99. The molecule has 4 heterocycles. The molecule has 1 aliphatic heterocycles. The SMILES string of the molecule is Cc1oc2ncnc(NC3(C)CC3)c2c1C(=O)N1CCc2c(C#N)ccnc2C1. The Morgan fingerprint density at radius 2 is 2.17 bits per heavy atom. The van der Waals surface area contributed by atoms with Gasteiger partial charge in [-0.15, -0.1) is 0 Å². The second-order valence-electron chi connectivity index (χ2n) is 7.99. The summed E-state index contributed by atoms with van der Waals surface area (Å²) in [7, 11) is 0. The van der Waals surface area contributed by atoms with E-state index in [0.717, 1.165) is 24.1 Å². The summed E-state index contributed by atoms with van der Waals surface area (Å²) in [5, 5.41) is 13.4. The number of carbonyl (C=O) groups is 1. The van der Waals surface area contributed by atoms with Gasteiger partial charge in [0.1, 0.15) is 17.9 Å². The van der Waals surface area contributed by atoms with Gasteiger partial charge in [0, 0.05) is 18.3 Å². The van der Waals surface area contributed by atoms with Crippen LogP contribution in [-0.2, 0) is 13.0 Å². The van der Waals surface area contributed by atoms with Gasteiger partial charge in [-0.3, -0.25) is 9.78 Å². The Bertz CT molecular complexity index is 1190. The number of hydrogen-bond acceptors (Lipinski definition) is 7. The van der Waals surface area contributed by atoms with Crippen LogP contribution < -0.4 is 5.32 Å². The number of nitrogens with one attached hydrogen (secondary N) is 1. The lowest BCUT2D eigenvalue weighted by Crippen LogP contribution is -2.37. The maximum Gasteiger partial charge on any atom is 0.258 e. The number of aromatic nitrogens is 3. The zero-order valence-electron chi connectivity index (χ0n) is 16.3. The Morgan fingerprint density at radius 3 is 2.93 bits per heavy atom. The lowest BCUT2D eigenvalue weighted by molar-refractivity contribution is 0.0731. The van der Waals surface area contributed by atoms with Crippen molar-refractivity contribution in [1.82, 2.24) is 19.9 Å². The van der Waals surface area contributed by atoms with Crippen molar-refractivity contribution < 1.29 is 9.21 Å². The maximum absolute atomic E-state index is 13.5. The fourth-order valence-electron chi connectivity index (χ4n) is 3.89. The molecule has 29 heavy (non-hydrogen) atoms.